The van der Waals surface area contributed by atoms with Gasteiger partial charge < -0.3 is 5.32 Å². The van der Waals surface area contributed by atoms with Crippen molar-refractivity contribution in [3.63, 3.8) is 0 Å². The third kappa shape index (κ3) is 1.84. The van der Waals surface area contributed by atoms with E-state index in [0.29, 0.717) is 4.47 Å². The molecule has 66 valence electrons. The van der Waals surface area contributed by atoms with Crippen LogP contribution in [0.5, 0.6) is 0 Å². The summed E-state index contributed by atoms with van der Waals surface area (Å²) in [6, 6.07) is 5.21. The first-order valence-electron chi connectivity index (χ1n) is 3.78. The Bertz CT molecular complexity index is 275. The third-order valence-electron chi connectivity index (χ3n) is 1.88. The molecule has 3 heteroatoms. The van der Waals surface area contributed by atoms with E-state index >= 15 is 0 Å². The van der Waals surface area contributed by atoms with Crippen molar-refractivity contribution in [1.29, 1.82) is 0 Å². The van der Waals surface area contributed by atoms with Crippen molar-refractivity contribution >= 4 is 15.9 Å². The van der Waals surface area contributed by atoms with Crippen molar-refractivity contribution in [1.82, 2.24) is 5.32 Å². The van der Waals surface area contributed by atoms with Gasteiger partial charge in [-0.3, -0.25) is 0 Å². The molecule has 12 heavy (non-hydrogen) atoms. The molecule has 0 spiro atoms. The highest BCUT2D eigenvalue weighted by molar-refractivity contribution is 9.10. The summed E-state index contributed by atoms with van der Waals surface area (Å²) in [6.07, 6.45) is 0. The van der Waals surface area contributed by atoms with Gasteiger partial charge in [-0.25, -0.2) is 4.39 Å². The molecule has 0 saturated heterocycles. The summed E-state index contributed by atoms with van der Waals surface area (Å²) in [4.78, 5) is 0. The Balaban J connectivity index is 3.07. The first-order valence-corrected chi connectivity index (χ1v) is 4.57. The maximum Gasteiger partial charge on any atom is 0.137 e. The van der Waals surface area contributed by atoms with Gasteiger partial charge in [-0.05, 0) is 41.5 Å². The van der Waals surface area contributed by atoms with Crippen molar-refractivity contribution in [3.8, 4) is 0 Å². The van der Waals surface area contributed by atoms with Crippen molar-refractivity contribution in [2.45, 2.75) is 13.0 Å². The average molecular weight is 232 g/mol. The van der Waals surface area contributed by atoms with E-state index in [4.69, 9.17) is 0 Å². The maximum absolute atomic E-state index is 13.0. The summed E-state index contributed by atoms with van der Waals surface area (Å²) in [7, 11) is 1.85. The Morgan fingerprint density at radius 2 is 2.17 bits per heavy atom. The summed E-state index contributed by atoms with van der Waals surface area (Å²) >= 11 is 3.21. The fraction of sp³-hybridized carbons (Fsp3) is 0.333. The predicted octanol–water partition coefficient (Wildman–Crippen LogP) is 2.87. The van der Waals surface area contributed by atoms with E-state index in [9.17, 15) is 4.39 Å². The Hall–Kier alpha value is -0.410. The molecule has 0 aliphatic rings. The Morgan fingerprint density at radius 1 is 1.50 bits per heavy atom. The van der Waals surface area contributed by atoms with E-state index in [1.165, 1.54) is 6.07 Å². The molecule has 0 aromatic heterocycles. The van der Waals surface area contributed by atoms with Crippen molar-refractivity contribution in [3.05, 3.63) is 34.1 Å². The van der Waals surface area contributed by atoms with Crippen molar-refractivity contribution in [2.75, 3.05) is 7.05 Å². The van der Waals surface area contributed by atoms with E-state index in [2.05, 4.69) is 21.2 Å². The van der Waals surface area contributed by atoms with Crippen LogP contribution in [0.2, 0.25) is 0 Å². The summed E-state index contributed by atoms with van der Waals surface area (Å²) in [6.45, 7) is 1.99. The second-order valence-electron chi connectivity index (χ2n) is 2.65. The van der Waals surface area contributed by atoms with Gasteiger partial charge in [0.1, 0.15) is 5.82 Å². The zero-order valence-electron chi connectivity index (χ0n) is 7.07. The fourth-order valence-electron chi connectivity index (χ4n) is 1.01. The number of hydrogen-bond donors (Lipinski definition) is 1. The molecule has 0 aliphatic heterocycles. The number of rotatable bonds is 2. The number of nitrogens with one attached hydrogen (secondary N) is 1. The molecule has 0 heterocycles. The Kier molecular flexibility index (Phi) is 3.23. The summed E-state index contributed by atoms with van der Waals surface area (Å²) < 4.78 is 13.5. The standard InChI is InChI=1S/C9H11BrFN/c1-6(12-2)7-4-3-5-8(11)9(7)10/h3-6,12H,1-2H3/t6-/m1/s1. The van der Waals surface area contributed by atoms with Gasteiger partial charge >= 0.3 is 0 Å². The van der Waals surface area contributed by atoms with Crippen LogP contribution in [0.15, 0.2) is 22.7 Å². The van der Waals surface area contributed by atoms with Crippen molar-refractivity contribution < 1.29 is 4.39 Å². The molecular weight excluding hydrogens is 221 g/mol. The topological polar surface area (TPSA) is 12.0 Å². The smallest absolute Gasteiger partial charge is 0.137 e. The normalized spacial score (nSPS) is 13.0. The van der Waals surface area contributed by atoms with Crippen LogP contribution in [-0.2, 0) is 0 Å². The Morgan fingerprint density at radius 3 is 2.75 bits per heavy atom. The van der Waals surface area contributed by atoms with Gasteiger partial charge in [0.05, 0.1) is 4.47 Å². The van der Waals surface area contributed by atoms with Gasteiger partial charge in [0.25, 0.3) is 0 Å². The van der Waals surface area contributed by atoms with Crippen LogP contribution >= 0.6 is 15.9 Å². The van der Waals surface area contributed by atoms with Crippen LogP contribution in [0, 0.1) is 5.82 Å². The SMILES string of the molecule is CN[C@H](C)c1cccc(F)c1Br. The maximum atomic E-state index is 13.0. The molecule has 1 aromatic rings. The van der Waals surface area contributed by atoms with Crippen LogP contribution in [0.1, 0.15) is 18.5 Å². The second kappa shape index (κ2) is 4.01. The molecule has 0 bridgehead atoms. The fourth-order valence-corrected chi connectivity index (χ4v) is 1.62. The number of benzene rings is 1. The highest BCUT2D eigenvalue weighted by Gasteiger charge is 2.09. The van der Waals surface area contributed by atoms with E-state index in [1.54, 1.807) is 6.07 Å². The second-order valence-corrected chi connectivity index (χ2v) is 3.45. The summed E-state index contributed by atoms with van der Waals surface area (Å²) in [5.41, 5.74) is 0.942. The van der Waals surface area contributed by atoms with Gasteiger partial charge in [-0.15, -0.1) is 0 Å². The minimum Gasteiger partial charge on any atom is -0.313 e. The Labute approximate surface area is 80.1 Å². The summed E-state index contributed by atoms with van der Waals surface area (Å²) in [5, 5.41) is 3.05. The van der Waals surface area contributed by atoms with Crippen LogP contribution in [0.3, 0.4) is 0 Å². The van der Waals surface area contributed by atoms with Crippen LogP contribution < -0.4 is 5.32 Å². The zero-order valence-corrected chi connectivity index (χ0v) is 8.65. The summed E-state index contributed by atoms with van der Waals surface area (Å²) in [5.74, 6) is -0.213. The number of hydrogen-bond acceptors (Lipinski definition) is 1. The molecule has 1 nitrogen and oxygen atoms in total. The van der Waals surface area contributed by atoms with Crippen molar-refractivity contribution in [2.24, 2.45) is 0 Å². The molecule has 0 radical (unpaired) electrons. The predicted molar refractivity (Wildman–Crippen MR) is 51.6 cm³/mol. The molecule has 0 aliphatic carbocycles. The van der Waals surface area contributed by atoms with E-state index in [0.717, 1.165) is 5.56 Å². The lowest BCUT2D eigenvalue weighted by Crippen LogP contribution is -2.13. The first kappa shape index (κ1) is 9.68. The minimum atomic E-state index is -0.213. The molecule has 1 atom stereocenters. The molecule has 1 rings (SSSR count). The van der Waals surface area contributed by atoms with Crippen LogP contribution in [0.4, 0.5) is 4.39 Å². The largest absolute Gasteiger partial charge is 0.313 e. The zero-order chi connectivity index (χ0) is 9.14. The number of halogens is 2. The molecule has 1 N–H and O–H groups in total. The van der Waals surface area contributed by atoms with Gasteiger partial charge in [0, 0.05) is 6.04 Å². The molecule has 0 saturated carbocycles. The quantitative estimate of drug-likeness (QED) is 0.826. The van der Waals surface area contributed by atoms with Gasteiger partial charge in [0.2, 0.25) is 0 Å². The monoisotopic (exact) mass is 231 g/mol. The lowest BCUT2D eigenvalue weighted by atomic mass is 10.1. The lowest BCUT2D eigenvalue weighted by molar-refractivity contribution is 0.600. The van der Waals surface area contributed by atoms with E-state index in [-0.39, 0.29) is 11.9 Å². The minimum absolute atomic E-state index is 0.162. The first-order chi connectivity index (χ1) is 5.66. The van der Waals surface area contributed by atoms with E-state index < -0.39 is 0 Å². The van der Waals surface area contributed by atoms with Gasteiger partial charge in [-0.1, -0.05) is 12.1 Å². The molecule has 0 fully saturated rings. The third-order valence-corrected chi connectivity index (χ3v) is 2.72. The lowest BCUT2D eigenvalue weighted by Gasteiger charge is -2.12. The van der Waals surface area contributed by atoms with E-state index in [1.807, 2.05) is 20.0 Å². The highest BCUT2D eigenvalue weighted by Crippen LogP contribution is 2.25. The molecule has 0 amide bonds. The van der Waals surface area contributed by atoms with Crippen LogP contribution in [-0.4, -0.2) is 7.05 Å². The molecule has 1 aromatic carbocycles. The van der Waals surface area contributed by atoms with Gasteiger partial charge in [-0.2, -0.15) is 0 Å². The average Bonchev–Trinajstić information content (AvgIpc) is 2.08. The highest BCUT2D eigenvalue weighted by atomic mass is 79.9. The van der Waals surface area contributed by atoms with Crippen LogP contribution in [0.25, 0.3) is 0 Å². The molecule has 0 unspecified atom stereocenters. The molecular formula is C9H11BrFN. The van der Waals surface area contributed by atoms with Gasteiger partial charge in [0.15, 0.2) is 0 Å².